The van der Waals surface area contributed by atoms with Gasteiger partial charge >= 0.3 is 11.9 Å². The third-order valence-corrected chi connectivity index (χ3v) is 8.18. The van der Waals surface area contributed by atoms with Gasteiger partial charge in [0.15, 0.2) is 0 Å². The van der Waals surface area contributed by atoms with Gasteiger partial charge in [0.1, 0.15) is 25.1 Å². The Kier molecular flexibility index (Phi) is 8.58. The molecule has 1 unspecified atom stereocenters. The summed E-state index contributed by atoms with van der Waals surface area (Å²) in [5.74, 6) is -0.789. The summed E-state index contributed by atoms with van der Waals surface area (Å²) in [6, 6.07) is 14.1. The number of anilines is 1. The molecule has 0 radical (unpaired) electrons. The van der Waals surface area contributed by atoms with E-state index in [-0.39, 0.29) is 49.9 Å². The largest absolute Gasteiger partial charge is 0.491 e. The van der Waals surface area contributed by atoms with Gasteiger partial charge in [0.25, 0.3) is 11.7 Å². The molecular weight excluding hydrogens is 568 g/mol. The van der Waals surface area contributed by atoms with Gasteiger partial charge in [0.05, 0.1) is 30.5 Å². The number of aromatic nitrogens is 2. The van der Waals surface area contributed by atoms with Crippen LogP contribution in [0.25, 0.3) is 0 Å². The molecule has 3 aromatic rings. The van der Waals surface area contributed by atoms with Crippen molar-refractivity contribution in [2.24, 2.45) is 5.92 Å². The molecule has 3 fully saturated rings. The second kappa shape index (κ2) is 12.9. The highest BCUT2D eigenvalue weighted by atomic mass is 16.5. The number of rotatable bonds is 10. The van der Waals surface area contributed by atoms with Gasteiger partial charge in [-0.1, -0.05) is 17.3 Å². The minimum atomic E-state index is -0.491. The van der Waals surface area contributed by atoms with Gasteiger partial charge in [-0.05, 0) is 80.5 Å². The first kappa shape index (κ1) is 29.3. The Morgan fingerprint density at radius 2 is 1.84 bits per heavy atom. The van der Waals surface area contributed by atoms with Gasteiger partial charge in [-0.15, -0.1) is 0 Å². The fraction of sp³-hybridized carbons (Fsp3) is 0.438. The van der Waals surface area contributed by atoms with Crippen LogP contribution in [0.1, 0.15) is 71.5 Å². The van der Waals surface area contributed by atoms with E-state index >= 15 is 0 Å². The number of hydrogen-bond donors (Lipinski definition) is 0. The molecule has 1 aromatic heterocycles. The average Bonchev–Trinajstić information content (AvgIpc) is 3.55. The number of cyclic esters (lactones) is 1. The van der Waals surface area contributed by atoms with Crippen LogP contribution in [0.2, 0.25) is 0 Å². The molecule has 44 heavy (non-hydrogen) atoms. The maximum atomic E-state index is 13.3. The molecule has 3 heterocycles. The van der Waals surface area contributed by atoms with Crippen LogP contribution < -0.4 is 9.64 Å². The van der Waals surface area contributed by atoms with E-state index in [0.717, 1.165) is 6.39 Å². The van der Waals surface area contributed by atoms with Gasteiger partial charge in [-0.3, -0.25) is 19.3 Å². The number of amides is 2. The van der Waals surface area contributed by atoms with Crippen molar-refractivity contribution < 1.29 is 37.9 Å². The lowest BCUT2D eigenvalue weighted by atomic mass is 10.0. The number of likely N-dealkylation sites (tertiary alicyclic amines) is 1. The van der Waals surface area contributed by atoms with Crippen LogP contribution in [0.15, 0.2) is 59.4 Å². The highest BCUT2D eigenvalue weighted by Crippen LogP contribution is 2.40. The number of carbonyl (C=O) groups excluding carboxylic acids is 4. The fourth-order valence-electron chi connectivity index (χ4n) is 5.63. The molecule has 0 N–H and O–H groups in total. The predicted octanol–water partition coefficient (Wildman–Crippen LogP) is 3.77. The zero-order chi connectivity index (χ0) is 30.6. The van der Waals surface area contributed by atoms with Crippen molar-refractivity contribution in [1.29, 1.82) is 0 Å². The van der Waals surface area contributed by atoms with E-state index in [2.05, 4.69) is 10.1 Å². The van der Waals surface area contributed by atoms with Crippen LogP contribution in [-0.2, 0) is 19.1 Å². The van der Waals surface area contributed by atoms with E-state index in [4.69, 9.17) is 18.7 Å². The molecule has 3 atom stereocenters. The van der Waals surface area contributed by atoms with Crippen molar-refractivity contribution >= 4 is 29.4 Å². The van der Waals surface area contributed by atoms with Gasteiger partial charge in [0, 0.05) is 12.2 Å². The second-order valence-corrected chi connectivity index (χ2v) is 11.5. The smallest absolute Gasteiger partial charge is 0.338 e. The third kappa shape index (κ3) is 6.74. The van der Waals surface area contributed by atoms with E-state index < -0.39 is 23.9 Å². The summed E-state index contributed by atoms with van der Waals surface area (Å²) in [5.41, 5.74) is 2.31. The van der Waals surface area contributed by atoms with Crippen LogP contribution in [0, 0.1) is 5.92 Å². The van der Waals surface area contributed by atoms with Crippen molar-refractivity contribution in [2.45, 2.75) is 57.1 Å². The van der Waals surface area contributed by atoms with E-state index in [1.807, 2.05) is 31.2 Å². The van der Waals surface area contributed by atoms with Crippen LogP contribution in [0.3, 0.4) is 0 Å². The van der Waals surface area contributed by atoms with Crippen LogP contribution >= 0.6 is 0 Å². The zero-order valence-electron chi connectivity index (χ0n) is 24.4. The molecule has 1 saturated carbocycles. The topological polar surface area (TPSA) is 141 Å². The summed E-state index contributed by atoms with van der Waals surface area (Å²) in [5, 5.41) is 3.72. The lowest BCUT2D eigenvalue weighted by Gasteiger charge is -2.33. The first-order valence-corrected chi connectivity index (χ1v) is 14.9. The van der Waals surface area contributed by atoms with Crippen LogP contribution in [0.5, 0.6) is 5.75 Å². The monoisotopic (exact) mass is 602 g/mol. The summed E-state index contributed by atoms with van der Waals surface area (Å²) >= 11 is 0. The molecule has 2 saturated heterocycles. The Hall–Kier alpha value is -4.74. The first-order chi connectivity index (χ1) is 21.4. The van der Waals surface area contributed by atoms with Gasteiger partial charge in [0.2, 0.25) is 12.3 Å². The van der Waals surface area contributed by atoms with Gasteiger partial charge in [-0.2, -0.15) is 4.98 Å². The van der Waals surface area contributed by atoms with Crippen molar-refractivity contribution in [3.63, 3.8) is 0 Å². The fourth-order valence-corrected chi connectivity index (χ4v) is 5.63. The van der Waals surface area contributed by atoms with Crippen molar-refractivity contribution in [3.05, 3.63) is 71.9 Å². The molecule has 1 aliphatic carbocycles. The molecular formula is C32H34N4O8. The minimum absolute atomic E-state index is 0.0425. The molecule has 230 valence electrons. The molecule has 2 aromatic carbocycles. The lowest BCUT2D eigenvalue weighted by Crippen LogP contribution is -2.46. The summed E-state index contributed by atoms with van der Waals surface area (Å²) in [6.45, 7) is 2.99. The molecule has 0 bridgehead atoms. The SMILES string of the molecule is CC(COc1ccc(C(=O)O[C@H]2CCCN(C(=O)[C@H]3COC(=O)C3)C2)cc1)N(C(=O)c1ncon1)c1ccc(C2CC2)cc1. The Balaban J connectivity index is 1.04. The number of hydrogen-bond acceptors (Lipinski definition) is 10. The summed E-state index contributed by atoms with van der Waals surface area (Å²) < 4.78 is 21.4. The first-order valence-electron chi connectivity index (χ1n) is 14.9. The van der Waals surface area contributed by atoms with Crippen LogP contribution in [0.4, 0.5) is 5.69 Å². The van der Waals surface area contributed by atoms with Crippen molar-refractivity contribution in [2.75, 3.05) is 31.2 Å². The summed E-state index contributed by atoms with van der Waals surface area (Å²) in [6.07, 6.45) is 4.50. The maximum Gasteiger partial charge on any atom is 0.338 e. The minimum Gasteiger partial charge on any atom is -0.491 e. The van der Waals surface area contributed by atoms with Crippen molar-refractivity contribution in [3.8, 4) is 5.75 Å². The molecule has 3 aliphatic rings. The third-order valence-electron chi connectivity index (χ3n) is 8.18. The van der Waals surface area contributed by atoms with E-state index in [0.29, 0.717) is 42.3 Å². The zero-order valence-corrected chi connectivity index (χ0v) is 24.4. The standard InChI is InChI=1S/C32H34N4O8/c1-20(36(31(39)29-33-19-43-34-29)25-10-6-22(7-11-25)21-4-5-21)17-41-26-12-8-23(9-13-26)32(40)44-27-3-2-14-35(16-27)30(38)24-15-28(37)42-18-24/h6-13,19-21,24,27H,2-5,14-18H2,1H3/t20?,24-,27+/m1/s1. The van der Waals surface area contributed by atoms with Crippen LogP contribution in [-0.4, -0.2) is 77.2 Å². The quantitative estimate of drug-likeness (QED) is 0.315. The highest BCUT2D eigenvalue weighted by molar-refractivity contribution is 6.03. The molecule has 12 heteroatoms. The molecule has 12 nitrogen and oxygen atoms in total. The summed E-state index contributed by atoms with van der Waals surface area (Å²) in [4.78, 5) is 57.5. The highest BCUT2D eigenvalue weighted by Gasteiger charge is 2.36. The second-order valence-electron chi connectivity index (χ2n) is 11.5. The molecule has 6 rings (SSSR count). The Bertz CT molecular complexity index is 1490. The molecule has 0 spiro atoms. The maximum absolute atomic E-state index is 13.3. The van der Waals surface area contributed by atoms with E-state index in [1.54, 1.807) is 34.1 Å². The Morgan fingerprint density at radius 1 is 1.07 bits per heavy atom. The number of piperidine rings is 1. The van der Waals surface area contributed by atoms with E-state index in [1.165, 1.54) is 18.4 Å². The van der Waals surface area contributed by atoms with E-state index in [9.17, 15) is 19.2 Å². The predicted molar refractivity (Wildman–Crippen MR) is 155 cm³/mol. The van der Waals surface area contributed by atoms with Gasteiger partial charge in [-0.25, -0.2) is 4.79 Å². The number of benzene rings is 2. The number of esters is 2. The number of carbonyl (C=O) groups is 4. The normalized spacial score (nSPS) is 20.5. The number of nitrogens with zero attached hydrogens (tertiary/aromatic N) is 4. The average molecular weight is 603 g/mol. The summed E-state index contributed by atoms with van der Waals surface area (Å²) in [7, 11) is 0. The molecule has 2 amide bonds. The lowest BCUT2D eigenvalue weighted by molar-refractivity contribution is -0.139. The Morgan fingerprint density at radius 3 is 2.50 bits per heavy atom. The molecule has 2 aliphatic heterocycles. The van der Waals surface area contributed by atoms with Crippen molar-refractivity contribution in [1.82, 2.24) is 15.0 Å². The number of ether oxygens (including phenoxy) is 3. The van der Waals surface area contributed by atoms with Gasteiger partial charge < -0.3 is 23.6 Å². The Labute approximate surface area is 254 Å².